The largest absolute Gasteiger partial charge is 0.476 e. The van der Waals surface area contributed by atoms with Gasteiger partial charge in [0, 0.05) is 24.3 Å². The third-order valence-electron chi connectivity index (χ3n) is 3.86. The Labute approximate surface area is 116 Å². The number of piperidine rings is 1. The predicted octanol–water partition coefficient (Wildman–Crippen LogP) is 1.97. The van der Waals surface area contributed by atoms with E-state index in [1.54, 1.807) is 0 Å². The number of likely N-dealkylation sites (tertiary alicyclic amines) is 1. The first-order valence-corrected chi connectivity index (χ1v) is 7.26. The maximum absolute atomic E-state index is 5.89. The van der Waals surface area contributed by atoms with Crippen LogP contribution in [0, 0.1) is 0 Å². The zero-order valence-electron chi connectivity index (χ0n) is 12.1. The normalized spacial score (nSPS) is 20.5. The van der Waals surface area contributed by atoms with E-state index < -0.39 is 0 Å². The van der Waals surface area contributed by atoms with E-state index in [0.717, 1.165) is 30.2 Å². The van der Waals surface area contributed by atoms with Gasteiger partial charge in [-0.05, 0) is 44.5 Å². The Balaban J connectivity index is 1.98. The number of nitrogens with two attached hydrogens (primary N) is 1. The van der Waals surface area contributed by atoms with Gasteiger partial charge in [0.25, 0.3) is 0 Å². The first-order chi connectivity index (χ1) is 9.22. The third kappa shape index (κ3) is 3.91. The van der Waals surface area contributed by atoms with Crippen molar-refractivity contribution in [3.05, 3.63) is 23.4 Å². The minimum atomic E-state index is 0.516. The Morgan fingerprint density at radius 3 is 2.95 bits per heavy atom. The number of pyridine rings is 1. The molecule has 2 rings (SSSR count). The van der Waals surface area contributed by atoms with Gasteiger partial charge >= 0.3 is 0 Å². The monoisotopic (exact) mass is 263 g/mol. The summed E-state index contributed by atoms with van der Waals surface area (Å²) in [7, 11) is 2.17. The topological polar surface area (TPSA) is 51.4 Å². The minimum Gasteiger partial charge on any atom is -0.476 e. The molecule has 4 heteroatoms. The van der Waals surface area contributed by atoms with E-state index >= 15 is 0 Å². The second-order valence-corrected chi connectivity index (χ2v) is 5.30. The Kier molecular flexibility index (Phi) is 5.16. The molecule has 19 heavy (non-hydrogen) atoms. The van der Waals surface area contributed by atoms with Gasteiger partial charge in [0.15, 0.2) is 0 Å². The molecule has 2 heterocycles. The van der Waals surface area contributed by atoms with Crippen LogP contribution in [-0.2, 0) is 13.0 Å². The van der Waals surface area contributed by atoms with Gasteiger partial charge in [-0.1, -0.05) is 13.3 Å². The van der Waals surface area contributed by atoms with Crippen LogP contribution in [0.5, 0.6) is 5.88 Å². The Morgan fingerprint density at radius 1 is 1.42 bits per heavy atom. The molecule has 0 radical (unpaired) electrons. The van der Waals surface area contributed by atoms with Crippen molar-refractivity contribution in [2.45, 2.75) is 45.2 Å². The van der Waals surface area contributed by atoms with Crippen LogP contribution in [0.3, 0.4) is 0 Å². The highest BCUT2D eigenvalue weighted by Crippen LogP contribution is 2.18. The summed E-state index contributed by atoms with van der Waals surface area (Å²) in [6, 6.07) is 4.53. The summed E-state index contributed by atoms with van der Waals surface area (Å²) in [5, 5.41) is 0. The number of rotatable bonds is 5. The van der Waals surface area contributed by atoms with Crippen LogP contribution < -0.4 is 10.5 Å². The molecule has 0 spiro atoms. The average molecular weight is 263 g/mol. The van der Waals surface area contributed by atoms with Crippen molar-refractivity contribution in [3.8, 4) is 5.88 Å². The fourth-order valence-electron chi connectivity index (χ4n) is 2.53. The van der Waals surface area contributed by atoms with Crippen LogP contribution in [0.4, 0.5) is 0 Å². The van der Waals surface area contributed by atoms with Crippen LogP contribution in [0.25, 0.3) is 0 Å². The molecule has 1 atom stereocenters. The molecule has 1 saturated heterocycles. The van der Waals surface area contributed by atoms with Crippen LogP contribution >= 0.6 is 0 Å². The molecule has 1 unspecified atom stereocenters. The van der Waals surface area contributed by atoms with Gasteiger partial charge < -0.3 is 15.4 Å². The molecule has 4 nitrogen and oxygen atoms in total. The van der Waals surface area contributed by atoms with Gasteiger partial charge in [0.1, 0.15) is 6.61 Å². The van der Waals surface area contributed by atoms with Crippen molar-refractivity contribution >= 4 is 0 Å². The molecule has 0 aliphatic carbocycles. The van der Waals surface area contributed by atoms with Crippen molar-refractivity contribution in [2.24, 2.45) is 5.73 Å². The van der Waals surface area contributed by atoms with Crippen molar-refractivity contribution in [2.75, 3.05) is 20.2 Å². The maximum Gasteiger partial charge on any atom is 0.213 e. The van der Waals surface area contributed by atoms with Crippen LogP contribution in [0.1, 0.15) is 37.4 Å². The summed E-state index contributed by atoms with van der Waals surface area (Å²) in [5.41, 5.74) is 7.86. The van der Waals surface area contributed by atoms with Gasteiger partial charge in [-0.2, -0.15) is 0 Å². The van der Waals surface area contributed by atoms with E-state index in [1.165, 1.54) is 25.8 Å². The highest BCUT2D eigenvalue weighted by molar-refractivity contribution is 5.25. The number of likely N-dealkylation sites (N-methyl/N-ethyl adjacent to an activating group) is 1. The number of aromatic nitrogens is 1. The van der Waals surface area contributed by atoms with Crippen molar-refractivity contribution in [1.82, 2.24) is 9.88 Å². The molecule has 1 fully saturated rings. The second-order valence-electron chi connectivity index (χ2n) is 5.30. The fourth-order valence-corrected chi connectivity index (χ4v) is 2.53. The zero-order valence-corrected chi connectivity index (χ0v) is 12.1. The van der Waals surface area contributed by atoms with Gasteiger partial charge in [-0.3, -0.25) is 0 Å². The van der Waals surface area contributed by atoms with E-state index in [9.17, 15) is 0 Å². The Bertz CT molecular complexity index is 386. The fraction of sp³-hybridized carbons (Fsp3) is 0.667. The van der Waals surface area contributed by atoms with Gasteiger partial charge in [0.2, 0.25) is 5.88 Å². The van der Waals surface area contributed by atoms with Crippen LogP contribution in [-0.4, -0.2) is 36.1 Å². The molecule has 1 aliphatic rings. The van der Waals surface area contributed by atoms with E-state index in [2.05, 4.69) is 29.9 Å². The molecular weight excluding hydrogens is 238 g/mol. The molecular formula is C15H25N3O. The number of hydrogen-bond donors (Lipinski definition) is 1. The Hall–Kier alpha value is -1.13. The van der Waals surface area contributed by atoms with E-state index in [4.69, 9.17) is 10.5 Å². The summed E-state index contributed by atoms with van der Waals surface area (Å²) in [6.07, 6.45) is 4.73. The third-order valence-corrected chi connectivity index (χ3v) is 3.86. The smallest absolute Gasteiger partial charge is 0.213 e. The highest BCUT2D eigenvalue weighted by atomic mass is 16.5. The van der Waals surface area contributed by atoms with Crippen LogP contribution in [0.2, 0.25) is 0 Å². The molecule has 106 valence electrons. The molecule has 2 N–H and O–H groups in total. The molecule has 0 amide bonds. The van der Waals surface area contributed by atoms with Crippen molar-refractivity contribution in [3.63, 3.8) is 0 Å². The highest BCUT2D eigenvalue weighted by Gasteiger charge is 2.19. The zero-order chi connectivity index (χ0) is 13.7. The van der Waals surface area contributed by atoms with E-state index in [1.807, 2.05) is 6.07 Å². The van der Waals surface area contributed by atoms with Gasteiger partial charge in [0.05, 0.1) is 0 Å². The molecule has 0 saturated carbocycles. The van der Waals surface area contributed by atoms with Gasteiger partial charge in [-0.15, -0.1) is 0 Å². The minimum absolute atomic E-state index is 0.516. The summed E-state index contributed by atoms with van der Waals surface area (Å²) in [4.78, 5) is 6.90. The lowest BCUT2D eigenvalue weighted by Gasteiger charge is -2.32. The summed E-state index contributed by atoms with van der Waals surface area (Å²) >= 11 is 0. The lowest BCUT2D eigenvalue weighted by Crippen LogP contribution is -2.40. The summed E-state index contributed by atoms with van der Waals surface area (Å²) in [6.45, 7) is 4.53. The second kappa shape index (κ2) is 6.87. The summed E-state index contributed by atoms with van der Waals surface area (Å²) in [5.74, 6) is 0.721. The maximum atomic E-state index is 5.89. The number of nitrogens with zero attached hydrogens (tertiary/aromatic N) is 2. The molecule has 1 aliphatic heterocycles. The first kappa shape index (κ1) is 14.3. The first-order valence-electron chi connectivity index (χ1n) is 7.26. The molecule has 1 aromatic heterocycles. The number of aryl methyl sites for hydroxylation is 1. The molecule has 0 aromatic carbocycles. The predicted molar refractivity (Wildman–Crippen MR) is 77.3 cm³/mol. The van der Waals surface area contributed by atoms with Crippen LogP contribution in [0.15, 0.2) is 12.1 Å². The molecule has 1 aromatic rings. The SMILES string of the molecule is CCc1cc(CN)cc(OCC2CCCCN2C)n1. The lowest BCUT2D eigenvalue weighted by molar-refractivity contribution is 0.122. The van der Waals surface area contributed by atoms with Crippen molar-refractivity contribution in [1.29, 1.82) is 0 Å². The number of ether oxygens (including phenoxy) is 1. The van der Waals surface area contributed by atoms with Crippen molar-refractivity contribution < 1.29 is 4.74 Å². The van der Waals surface area contributed by atoms with Gasteiger partial charge in [-0.25, -0.2) is 4.98 Å². The lowest BCUT2D eigenvalue weighted by atomic mass is 10.0. The standard InChI is InChI=1S/C15H25N3O/c1-3-13-8-12(10-16)9-15(17-13)19-11-14-6-4-5-7-18(14)2/h8-9,14H,3-7,10-11,16H2,1-2H3. The van der Waals surface area contributed by atoms with E-state index in [0.29, 0.717) is 12.6 Å². The quantitative estimate of drug-likeness (QED) is 0.882. The summed E-state index contributed by atoms with van der Waals surface area (Å²) < 4.78 is 5.89. The number of hydrogen-bond acceptors (Lipinski definition) is 4. The molecule has 0 bridgehead atoms. The average Bonchev–Trinajstić information content (AvgIpc) is 2.46. The van der Waals surface area contributed by atoms with E-state index in [-0.39, 0.29) is 0 Å². The Morgan fingerprint density at radius 2 is 2.26 bits per heavy atom.